The molecule has 0 aliphatic heterocycles. The Morgan fingerprint density at radius 3 is 2.19 bits per heavy atom. The normalized spacial score (nSPS) is 12.4. The number of halogens is 5. The molecule has 0 spiro atoms. The molecule has 2 aromatic carbocycles. The van der Waals surface area contributed by atoms with Crippen molar-refractivity contribution in [2.75, 3.05) is 5.32 Å². The van der Waals surface area contributed by atoms with Gasteiger partial charge in [0.2, 0.25) is 0 Å². The lowest BCUT2D eigenvalue weighted by Gasteiger charge is -2.23. The van der Waals surface area contributed by atoms with Gasteiger partial charge in [0, 0.05) is 19.0 Å². The van der Waals surface area contributed by atoms with Crippen LogP contribution in [0, 0.1) is 0 Å². The van der Waals surface area contributed by atoms with Gasteiger partial charge < -0.3 is 10.1 Å². The number of hydrogen-bond acceptors (Lipinski definition) is 4. The first kappa shape index (κ1) is 22.1. The third-order valence-corrected chi connectivity index (χ3v) is 4.62. The number of carbonyl (C=O) groups is 2. The van der Waals surface area contributed by atoms with Crippen molar-refractivity contribution >= 4 is 81.3 Å². The summed E-state index contributed by atoms with van der Waals surface area (Å²) in [6, 6.07) is 11.9. The van der Waals surface area contributed by atoms with Crippen LogP contribution in [0.2, 0.25) is 10.0 Å². The summed E-state index contributed by atoms with van der Waals surface area (Å²) >= 11 is 30.1. The number of benzene rings is 2. The number of hydrogen-bond donors (Lipinski definition) is 1. The highest BCUT2D eigenvalue weighted by Gasteiger charge is 2.34. The predicted molar refractivity (Wildman–Crippen MR) is 111 cm³/mol. The minimum Gasteiger partial charge on any atom is -0.393 e. The molecule has 1 N–H and O–H groups in total. The first-order valence-electron chi connectivity index (χ1n) is 7.67. The topological polar surface area (TPSA) is 55.4 Å². The van der Waals surface area contributed by atoms with Gasteiger partial charge in [0.1, 0.15) is 0 Å². The third kappa shape index (κ3) is 6.44. The fourth-order valence-corrected chi connectivity index (χ4v) is 3.39. The minimum atomic E-state index is -1.74. The molecular weight excluding hydrogens is 455 g/mol. The fourth-order valence-electron chi connectivity index (χ4n) is 2.43. The van der Waals surface area contributed by atoms with Crippen molar-refractivity contribution in [2.24, 2.45) is 0 Å². The quantitative estimate of drug-likeness (QED) is 0.302. The highest BCUT2D eigenvalue weighted by molar-refractivity contribution is 6.67. The van der Waals surface area contributed by atoms with Gasteiger partial charge in [-0.1, -0.05) is 82.3 Å². The Labute approximate surface area is 181 Å². The number of anilines is 2. The Kier molecular flexibility index (Phi) is 7.66. The van der Waals surface area contributed by atoms with Crippen molar-refractivity contribution < 1.29 is 14.3 Å². The second kappa shape index (κ2) is 9.35. The number of carbonyl (C=O) groups excluding carboxylic acids is 2. The third-order valence-electron chi connectivity index (χ3n) is 3.52. The van der Waals surface area contributed by atoms with Gasteiger partial charge in [-0.2, -0.15) is 0 Å². The van der Waals surface area contributed by atoms with Crippen LogP contribution in [-0.2, 0) is 14.3 Å². The second-order valence-corrected chi connectivity index (χ2v) is 8.92. The maximum Gasteiger partial charge on any atom is 0.321 e. The number of ether oxygens (including phenoxy) is 1. The van der Waals surface area contributed by atoms with Crippen molar-refractivity contribution in [3.63, 3.8) is 0 Å². The molecule has 0 aromatic heterocycles. The van der Waals surface area contributed by atoms with Crippen LogP contribution in [0.1, 0.15) is 24.8 Å². The molecule has 0 aliphatic rings. The fraction of sp³-hybridized carbons (Fsp3) is 0.222. The summed E-state index contributed by atoms with van der Waals surface area (Å²) in [5.41, 5.74) is 1.43. The van der Waals surface area contributed by atoms with E-state index in [4.69, 9.17) is 62.7 Å². The van der Waals surface area contributed by atoms with Crippen LogP contribution >= 0.6 is 58.0 Å². The van der Waals surface area contributed by atoms with Crippen LogP contribution in [0.4, 0.5) is 11.4 Å². The molecule has 144 valence electrons. The monoisotopic (exact) mass is 467 g/mol. The molecule has 9 heteroatoms. The zero-order chi connectivity index (χ0) is 20.2. The van der Waals surface area contributed by atoms with E-state index < -0.39 is 21.6 Å². The van der Waals surface area contributed by atoms with E-state index in [1.54, 1.807) is 42.5 Å². The number of para-hydroxylation sites is 2. The summed E-state index contributed by atoms with van der Waals surface area (Å²) in [7, 11) is 0. The molecule has 0 radical (unpaired) electrons. The summed E-state index contributed by atoms with van der Waals surface area (Å²) in [5, 5.41) is 3.88. The molecule has 0 aliphatic carbocycles. The number of rotatable bonds is 5. The average molecular weight is 470 g/mol. The lowest BCUT2D eigenvalue weighted by atomic mass is 9.94. The molecule has 0 saturated carbocycles. The van der Waals surface area contributed by atoms with E-state index >= 15 is 0 Å². The maximum absolute atomic E-state index is 12.5. The zero-order valence-corrected chi connectivity index (χ0v) is 17.7. The summed E-state index contributed by atoms with van der Waals surface area (Å²) < 4.78 is 2.99. The van der Waals surface area contributed by atoms with Gasteiger partial charge in [-0.25, -0.2) is 0 Å². The van der Waals surface area contributed by atoms with E-state index in [1.165, 1.54) is 0 Å². The van der Waals surface area contributed by atoms with Crippen LogP contribution in [-0.4, -0.2) is 15.7 Å². The lowest BCUT2D eigenvalue weighted by molar-refractivity contribution is -0.159. The van der Waals surface area contributed by atoms with Crippen molar-refractivity contribution in [3.05, 3.63) is 58.1 Å². The predicted octanol–water partition coefficient (Wildman–Crippen LogP) is 6.67. The van der Waals surface area contributed by atoms with Crippen molar-refractivity contribution in [1.82, 2.24) is 0 Å². The number of esters is 2. The summed E-state index contributed by atoms with van der Waals surface area (Å²) in [6.45, 7) is 1.12. The van der Waals surface area contributed by atoms with E-state index in [0.29, 0.717) is 27.0 Å². The summed E-state index contributed by atoms with van der Waals surface area (Å²) in [5.74, 6) is -2.59. The highest BCUT2D eigenvalue weighted by Crippen LogP contribution is 2.41. The molecule has 0 bridgehead atoms. The average Bonchev–Trinajstić information content (AvgIpc) is 2.55. The van der Waals surface area contributed by atoms with Crippen molar-refractivity contribution in [2.45, 2.75) is 23.1 Å². The van der Waals surface area contributed by atoms with E-state index in [1.807, 2.05) is 0 Å². The van der Waals surface area contributed by atoms with Gasteiger partial charge in [0.15, 0.2) is 3.79 Å². The Balaban J connectivity index is 2.47. The standard InChI is InChI=1S/C18H14Cl5NO3/c1-10(25)27-17(26)12(9-18(21,22)23)11-5-2-3-8-15(11)24-16-13(19)6-4-7-14(16)20/h2-8,12,24H,9H2,1H3. The number of alkyl halides is 3. The smallest absolute Gasteiger partial charge is 0.321 e. The van der Waals surface area contributed by atoms with E-state index in [0.717, 1.165) is 6.92 Å². The molecular formula is C18H14Cl5NO3. The van der Waals surface area contributed by atoms with Gasteiger partial charge in [0.25, 0.3) is 0 Å². The largest absolute Gasteiger partial charge is 0.393 e. The molecule has 1 unspecified atom stereocenters. The van der Waals surface area contributed by atoms with E-state index in [2.05, 4.69) is 5.32 Å². The van der Waals surface area contributed by atoms with Crippen LogP contribution in [0.5, 0.6) is 0 Å². The second-order valence-electron chi connectivity index (χ2n) is 5.59. The van der Waals surface area contributed by atoms with Gasteiger partial charge in [-0.15, -0.1) is 0 Å². The molecule has 0 amide bonds. The van der Waals surface area contributed by atoms with Crippen LogP contribution in [0.15, 0.2) is 42.5 Å². The lowest BCUT2D eigenvalue weighted by Crippen LogP contribution is -2.23. The first-order chi connectivity index (χ1) is 12.6. The van der Waals surface area contributed by atoms with Gasteiger partial charge in [0.05, 0.1) is 21.7 Å². The Bertz CT molecular complexity index is 831. The molecule has 0 saturated heterocycles. The van der Waals surface area contributed by atoms with E-state index in [-0.39, 0.29) is 6.42 Å². The van der Waals surface area contributed by atoms with Gasteiger partial charge >= 0.3 is 11.9 Å². The van der Waals surface area contributed by atoms with E-state index in [9.17, 15) is 9.59 Å². The molecule has 1 atom stereocenters. The molecule has 2 rings (SSSR count). The molecule has 4 nitrogen and oxygen atoms in total. The van der Waals surface area contributed by atoms with Crippen LogP contribution in [0.3, 0.4) is 0 Å². The van der Waals surface area contributed by atoms with Crippen LogP contribution in [0.25, 0.3) is 0 Å². The highest BCUT2D eigenvalue weighted by atomic mass is 35.6. The summed E-state index contributed by atoms with van der Waals surface area (Å²) in [6.07, 6.45) is -0.196. The molecule has 27 heavy (non-hydrogen) atoms. The Morgan fingerprint density at radius 2 is 1.63 bits per heavy atom. The van der Waals surface area contributed by atoms with Gasteiger partial charge in [-0.3, -0.25) is 9.59 Å². The summed E-state index contributed by atoms with van der Waals surface area (Å²) in [4.78, 5) is 23.7. The maximum atomic E-state index is 12.5. The van der Waals surface area contributed by atoms with Crippen molar-refractivity contribution in [1.29, 1.82) is 0 Å². The van der Waals surface area contributed by atoms with Crippen molar-refractivity contribution in [3.8, 4) is 0 Å². The Morgan fingerprint density at radius 1 is 1.04 bits per heavy atom. The van der Waals surface area contributed by atoms with Crippen LogP contribution < -0.4 is 5.32 Å². The molecule has 2 aromatic rings. The first-order valence-corrected chi connectivity index (χ1v) is 9.56. The zero-order valence-electron chi connectivity index (χ0n) is 13.9. The minimum absolute atomic E-state index is 0.196. The molecule has 0 fully saturated rings. The molecule has 0 heterocycles. The van der Waals surface area contributed by atoms with Gasteiger partial charge in [-0.05, 0) is 23.8 Å². The Hall–Kier alpha value is -1.17. The number of nitrogens with one attached hydrogen (secondary N) is 1. The SMILES string of the molecule is CC(=O)OC(=O)C(CC(Cl)(Cl)Cl)c1ccccc1Nc1c(Cl)cccc1Cl.